The molecule has 0 amide bonds. The van der Waals surface area contributed by atoms with Crippen LogP contribution in [0, 0.1) is 0 Å². The standard InChI is InChI=1S/C12H18ClNO2S2/c1-18(15,16)11-4-2-3-10(11)14-8-7-9-5-6-12(13)17-9/h5-6,10-11,14H,2-4,7-8H2,1H3. The number of rotatable bonds is 5. The minimum absolute atomic E-state index is 0.121. The van der Waals surface area contributed by atoms with Crippen molar-refractivity contribution in [2.24, 2.45) is 0 Å². The predicted molar refractivity (Wildman–Crippen MR) is 77.3 cm³/mol. The summed E-state index contributed by atoms with van der Waals surface area (Å²) in [6, 6.07) is 4.05. The van der Waals surface area contributed by atoms with E-state index >= 15 is 0 Å². The topological polar surface area (TPSA) is 46.2 Å². The first-order valence-corrected chi connectivity index (χ1v) is 9.28. The van der Waals surface area contributed by atoms with Gasteiger partial charge in [-0.25, -0.2) is 8.42 Å². The van der Waals surface area contributed by atoms with Crippen LogP contribution in [0.5, 0.6) is 0 Å². The summed E-state index contributed by atoms with van der Waals surface area (Å²) in [6.45, 7) is 0.813. The van der Waals surface area contributed by atoms with E-state index in [2.05, 4.69) is 5.32 Å². The molecular weight excluding hydrogens is 290 g/mol. The highest BCUT2D eigenvalue weighted by atomic mass is 35.5. The van der Waals surface area contributed by atoms with Crippen molar-refractivity contribution < 1.29 is 8.42 Å². The van der Waals surface area contributed by atoms with Crippen LogP contribution >= 0.6 is 22.9 Å². The molecule has 1 aliphatic rings. The monoisotopic (exact) mass is 307 g/mol. The molecule has 1 aromatic heterocycles. The minimum atomic E-state index is -2.92. The molecule has 102 valence electrons. The Kier molecular flexibility index (Phi) is 4.69. The van der Waals surface area contributed by atoms with E-state index in [1.165, 1.54) is 11.1 Å². The van der Waals surface area contributed by atoms with E-state index in [1.54, 1.807) is 11.3 Å². The molecule has 18 heavy (non-hydrogen) atoms. The summed E-state index contributed by atoms with van der Waals surface area (Å²) >= 11 is 7.45. The lowest BCUT2D eigenvalue weighted by molar-refractivity contribution is 0.511. The average molecular weight is 308 g/mol. The van der Waals surface area contributed by atoms with Gasteiger partial charge in [-0.3, -0.25) is 0 Å². The number of thiophene rings is 1. The van der Waals surface area contributed by atoms with E-state index in [1.807, 2.05) is 12.1 Å². The number of hydrogen-bond donors (Lipinski definition) is 1. The van der Waals surface area contributed by atoms with Gasteiger partial charge in [0.05, 0.1) is 9.59 Å². The maximum atomic E-state index is 11.6. The maximum absolute atomic E-state index is 11.6. The van der Waals surface area contributed by atoms with Gasteiger partial charge >= 0.3 is 0 Å². The summed E-state index contributed by atoms with van der Waals surface area (Å²) in [5.74, 6) is 0. The Hall–Kier alpha value is -0.100. The SMILES string of the molecule is CS(=O)(=O)C1CCCC1NCCc1ccc(Cl)s1. The summed E-state index contributed by atoms with van der Waals surface area (Å²) in [4.78, 5) is 1.24. The normalized spacial score (nSPS) is 24.6. The third kappa shape index (κ3) is 3.70. The van der Waals surface area contributed by atoms with Crippen LogP contribution in [0.1, 0.15) is 24.1 Å². The van der Waals surface area contributed by atoms with Gasteiger partial charge in [-0.15, -0.1) is 11.3 Å². The predicted octanol–water partition coefficient (Wildman–Crippen LogP) is 2.50. The van der Waals surface area contributed by atoms with Crippen molar-refractivity contribution in [3.8, 4) is 0 Å². The molecule has 0 aromatic carbocycles. The molecule has 0 spiro atoms. The van der Waals surface area contributed by atoms with Crippen LogP contribution in [0.4, 0.5) is 0 Å². The molecule has 1 N–H and O–H groups in total. The lowest BCUT2D eigenvalue weighted by Gasteiger charge is -2.19. The van der Waals surface area contributed by atoms with Crippen molar-refractivity contribution in [2.75, 3.05) is 12.8 Å². The largest absolute Gasteiger partial charge is 0.312 e. The van der Waals surface area contributed by atoms with Crippen LogP contribution in [-0.2, 0) is 16.3 Å². The molecule has 0 aliphatic heterocycles. The van der Waals surface area contributed by atoms with Gasteiger partial charge in [0.1, 0.15) is 0 Å². The molecule has 2 atom stereocenters. The maximum Gasteiger partial charge on any atom is 0.151 e. The molecule has 2 rings (SSSR count). The van der Waals surface area contributed by atoms with Gasteiger partial charge in [0.25, 0.3) is 0 Å². The third-order valence-corrected chi connectivity index (χ3v) is 6.36. The Morgan fingerprint density at radius 2 is 2.22 bits per heavy atom. The first kappa shape index (κ1) is 14.3. The fourth-order valence-corrected chi connectivity index (χ4v) is 5.05. The Bertz CT molecular complexity index is 498. The minimum Gasteiger partial charge on any atom is -0.312 e. The molecule has 1 heterocycles. The Morgan fingerprint density at radius 3 is 2.83 bits per heavy atom. The molecule has 1 saturated carbocycles. The van der Waals surface area contributed by atoms with E-state index in [-0.39, 0.29) is 11.3 Å². The van der Waals surface area contributed by atoms with Crippen molar-refractivity contribution >= 4 is 32.8 Å². The lowest BCUT2D eigenvalue weighted by Crippen LogP contribution is -2.40. The van der Waals surface area contributed by atoms with Crippen LogP contribution in [0.15, 0.2) is 12.1 Å². The van der Waals surface area contributed by atoms with Gasteiger partial charge in [0, 0.05) is 23.7 Å². The van der Waals surface area contributed by atoms with E-state index in [4.69, 9.17) is 11.6 Å². The molecule has 1 fully saturated rings. The number of sulfone groups is 1. The Balaban J connectivity index is 1.83. The van der Waals surface area contributed by atoms with Crippen molar-refractivity contribution in [1.29, 1.82) is 0 Å². The Labute approximate surface area is 117 Å². The molecule has 0 bridgehead atoms. The first-order valence-electron chi connectivity index (χ1n) is 6.13. The lowest BCUT2D eigenvalue weighted by atomic mass is 10.2. The van der Waals surface area contributed by atoms with Gasteiger partial charge in [-0.05, 0) is 31.4 Å². The van der Waals surface area contributed by atoms with E-state index in [9.17, 15) is 8.42 Å². The van der Waals surface area contributed by atoms with Crippen LogP contribution in [0.25, 0.3) is 0 Å². The van der Waals surface area contributed by atoms with Crippen LogP contribution in [0.2, 0.25) is 4.34 Å². The first-order chi connectivity index (χ1) is 8.47. The van der Waals surface area contributed by atoms with E-state index in [0.29, 0.717) is 0 Å². The second-order valence-corrected chi connectivity index (χ2v) is 8.88. The zero-order valence-corrected chi connectivity index (χ0v) is 12.7. The van der Waals surface area contributed by atoms with Gasteiger partial charge in [-0.1, -0.05) is 18.0 Å². The fourth-order valence-electron chi connectivity index (χ4n) is 2.54. The molecule has 0 saturated heterocycles. The van der Waals surface area contributed by atoms with Crippen molar-refractivity contribution in [2.45, 2.75) is 37.0 Å². The van der Waals surface area contributed by atoms with Crippen molar-refractivity contribution in [1.82, 2.24) is 5.32 Å². The van der Waals surface area contributed by atoms with Gasteiger partial charge < -0.3 is 5.32 Å². The second-order valence-electron chi connectivity index (χ2n) is 4.82. The number of hydrogen-bond acceptors (Lipinski definition) is 4. The van der Waals surface area contributed by atoms with Crippen molar-refractivity contribution in [3.05, 3.63) is 21.3 Å². The smallest absolute Gasteiger partial charge is 0.151 e. The molecule has 6 heteroatoms. The second kappa shape index (κ2) is 5.90. The Morgan fingerprint density at radius 1 is 1.44 bits per heavy atom. The van der Waals surface area contributed by atoms with Gasteiger partial charge in [-0.2, -0.15) is 0 Å². The summed E-state index contributed by atoms with van der Waals surface area (Å²) in [5, 5.41) is 3.18. The summed E-state index contributed by atoms with van der Waals surface area (Å²) < 4.78 is 24.1. The zero-order chi connectivity index (χ0) is 13.2. The highest BCUT2D eigenvalue weighted by Gasteiger charge is 2.34. The summed E-state index contributed by atoms with van der Waals surface area (Å²) in [5.41, 5.74) is 0. The van der Waals surface area contributed by atoms with Gasteiger partial charge in [0.2, 0.25) is 0 Å². The molecular formula is C12H18ClNO2S2. The van der Waals surface area contributed by atoms with Crippen LogP contribution < -0.4 is 5.32 Å². The number of nitrogens with one attached hydrogen (secondary N) is 1. The van der Waals surface area contributed by atoms with E-state index in [0.717, 1.165) is 36.6 Å². The van der Waals surface area contributed by atoms with Crippen LogP contribution in [0.3, 0.4) is 0 Å². The zero-order valence-electron chi connectivity index (χ0n) is 10.4. The third-order valence-electron chi connectivity index (χ3n) is 3.41. The highest BCUT2D eigenvalue weighted by Crippen LogP contribution is 2.25. The summed E-state index contributed by atoms with van der Waals surface area (Å²) in [6.07, 6.45) is 5.01. The summed E-state index contributed by atoms with van der Waals surface area (Å²) in [7, 11) is -2.92. The fraction of sp³-hybridized carbons (Fsp3) is 0.667. The molecule has 1 aromatic rings. The molecule has 0 radical (unpaired) electrons. The molecule has 3 nitrogen and oxygen atoms in total. The van der Waals surface area contributed by atoms with Crippen molar-refractivity contribution in [3.63, 3.8) is 0 Å². The average Bonchev–Trinajstić information content (AvgIpc) is 2.86. The number of halogens is 1. The molecule has 1 aliphatic carbocycles. The molecule has 2 unspecified atom stereocenters. The van der Waals surface area contributed by atoms with Crippen LogP contribution in [-0.4, -0.2) is 32.5 Å². The highest BCUT2D eigenvalue weighted by molar-refractivity contribution is 7.91. The van der Waals surface area contributed by atoms with E-state index < -0.39 is 9.84 Å². The quantitative estimate of drug-likeness (QED) is 0.909. The van der Waals surface area contributed by atoms with Gasteiger partial charge in [0.15, 0.2) is 9.84 Å².